The van der Waals surface area contributed by atoms with Gasteiger partial charge in [-0.05, 0) is 67.6 Å². The minimum atomic E-state index is -0.0388. The average Bonchev–Trinajstić information content (AvgIpc) is 3.16. The first kappa shape index (κ1) is 13.2. The van der Waals surface area contributed by atoms with E-state index in [9.17, 15) is 4.79 Å². The number of rotatable bonds is 4. The number of carbonyl (C=O) groups excluding carboxylic acids is 1. The molecule has 0 bridgehead atoms. The molecule has 0 saturated heterocycles. The van der Waals surface area contributed by atoms with E-state index in [4.69, 9.17) is 4.42 Å². The summed E-state index contributed by atoms with van der Waals surface area (Å²) in [5.41, 5.74) is 1.69. The maximum absolute atomic E-state index is 12.1. The molecule has 3 nitrogen and oxygen atoms in total. The first-order valence-electron chi connectivity index (χ1n) is 6.75. The Labute approximate surface area is 123 Å². The van der Waals surface area contributed by atoms with Crippen LogP contribution in [-0.4, -0.2) is 10.4 Å². The normalized spacial score (nSPS) is 11.1. The van der Waals surface area contributed by atoms with E-state index in [2.05, 4.69) is 0 Å². The van der Waals surface area contributed by atoms with Gasteiger partial charge in [-0.1, -0.05) is 0 Å². The summed E-state index contributed by atoms with van der Waals surface area (Å²) >= 11 is 0. The zero-order valence-electron chi connectivity index (χ0n) is 11.7. The highest BCUT2D eigenvalue weighted by atomic mass is 16.3. The fraction of sp³-hybridized carbons (Fsp3) is 0.0556. The number of nitrogens with zero attached hydrogens (tertiary/aromatic N) is 1. The van der Waals surface area contributed by atoms with Crippen molar-refractivity contribution in [3.05, 3.63) is 84.1 Å². The number of allylic oxidation sites excluding steroid dienone is 1. The minimum absolute atomic E-state index is 0.0388. The van der Waals surface area contributed by atoms with Crippen molar-refractivity contribution < 1.29 is 9.21 Å². The van der Waals surface area contributed by atoms with Crippen LogP contribution in [-0.2, 0) is 0 Å². The third-order valence-corrected chi connectivity index (χ3v) is 3.21. The predicted octanol–water partition coefficient (Wildman–Crippen LogP) is 4.27. The van der Waals surface area contributed by atoms with Crippen molar-refractivity contribution in [1.82, 2.24) is 4.57 Å². The van der Waals surface area contributed by atoms with Gasteiger partial charge in [0.15, 0.2) is 5.78 Å². The number of hydrogen-bond acceptors (Lipinski definition) is 2. The highest BCUT2D eigenvalue weighted by Crippen LogP contribution is 2.12. The average molecular weight is 277 g/mol. The van der Waals surface area contributed by atoms with Gasteiger partial charge in [0.2, 0.25) is 0 Å². The molecule has 3 heteroatoms. The van der Waals surface area contributed by atoms with Gasteiger partial charge in [-0.15, -0.1) is 0 Å². The first-order valence-corrected chi connectivity index (χ1v) is 6.75. The fourth-order valence-corrected chi connectivity index (χ4v) is 2.10. The Bertz CT molecular complexity index is 762. The molecule has 0 aliphatic carbocycles. The number of ketones is 1. The lowest BCUT2D eigenvalue weighted by molar-refractivity contribution is 0.104. The van der Waals surface area contributed by atoms with E-state index in [-0.39, 0.29) is 5.78 Å². The molecule has 0 amide bonds. The summed E-state index contributed by atoms with van der Waals surface area (Å²) in [4.78, 5) is 12.1. The molecule has 0 atom stereocenters. The maximum atomic E-state index is 12.1. The molecular weight excluding hydrogens is 262 g/mol. The summed E-state index contributed by atoms with van der Waals surface area (Å²) in [5.74, 6) is 1.48. The van der Waals surface area contributed by atoms with Crippen molar-refractivity contribution in [2.24, 2.45) is 0 Å². The summed E-state index contributed by atoms with van der Waals surface area (Å²) in [5, 5.41) is 0. The van der Waals surface area contributed by atoms with E-state index in [0.717, 1.165) is 11.4 Å². The van der Waals surface area contributed by atoms with Crippen LogP contribution in [0.5, 0.6) is 0 Å². The van der Waals surface area contributed by atoms with Crippen molar-refractivity contribution in [2.75, 3.05) is 0 Å². The van der Waals surface area contributed by atoms with E-state index >= 15 is 0 Å². The third kappa shape index (κ3) is 3.03. The predicted molar refractivity (Wildman–Crippen MR) is 82.6 cm³/mol. The monoisotopic (exact) mass is 277 g/mol. The lowest BCUT2D eigenvalue weighted by atomic mass is 10.1. The van der Waals surface area contributed by atoms with Gasteiger partial charge in [-0.3, -0.25) is 4.79 Å². The Morgan fingerprint density at radius 2 is 1.76 bits per heavy atom. The van der Waals surface area contributed by atoms with E-state index in [1.165, 1.54) is 6.08 Å². The Balaban J connectivity index is 1.74. The summed E-state index contributed by atoms with van der Waals surface area (Å²) in [6.45, 7) is 1.87. The van der Waals surface area contributed by atoms with Crippen molar-refractivity contribution in [1.29, 1.82) is 0 Å². The third-order valence-electron chi connectivity index (χ3n) is 3.21. The second-order valence-electron chi connectivity index (χ2n) is 4.78. The number of benzene rings is 1. The van der Waals surface area contributed by atoms with E-state index in [0.29, 0.717) is 11.3 Å². The van der Waals surface area contributed by atoms with Gasteiger partial charge in [0.25, 0.3) is 0 Å². The molecule has 104 valence electrons. The molecular formula is C18H15NO2. The molecule has 0 unspecified atom stereocenters. The molecule has 2 aromatic heterocycles. The molecule has 0 spiro atoms. The largest absolute Gasteiger partial charge is 0.462 e. The highest BCUT2D eigenvalue weighted by Gasteiger charge is 2.03. The topological polar surface area (TPSA) is 35.1 Å². The summed E-state index contributed by atoms with van der Waals surface area (Å²) in [6.07, 6.45) is 7.16. The van der Waals surface area contributed by atoms with E-state index in [1.807, 2.05) is 72.4 Å². The minimum Gasteiger partial charge on any atom is -0.462 e. The van der Waals surface area contributed by atoms with Crippen LogP contribution in [0.4, 0.5) is 0 Å². The Hall–Kier alpha value is -2.81. The molecule has 3 aromatic rings. The lowest BCUT2D eigenvalue weighted by Gasteiger charge is -2.03. The van der Waals surface area contributed by atoms with Crippen LogP contribution in [0.15, 0.2) is 71.4 Å². The zero-order chi connectivity index (χ0) is 14.7. The van der Waals surface area contributed by atoms with Gasteiger partial charge in [0.1, 0.15) is 11.5 Å². The van der Waals surface area contributed by atoms with Gasteiger partial charge in [-0.2, -0.15) is 0 Å². The first-order chi connectivity index (χ1) is 10.2. The van der Waals surface area contributed by atoms with Gasteiger partial charge in [0.05, 0.1) is 0 Å². The van der Waals surface area contributed by atoms with Crippen LogP contribution >= 0.6 is 0 Å². The van der Waals surface area contributed by atoms with Gasteiger partial charge < -0.3 is 8.98 Å². The number of aromatic nitrogens is 1. The van der Waals surface area contributed by atoms with Crippen LogP contribution in [0, 0.1) is 6.92 Å². The molecule has 0 fully saturated rings. The maximum Gasteiger partial charge on any atom is 0.185 e. The molecule has 2 heterocycles. The molecule has 1 aromatic carbocycles. The Morgan fingerprint density at radius 3 is 2.38 bits per heavy atom. The number of aryl methyl sites for hydroxylation is 1. The van der Waals surface area contributed by atoms with Crippen molar-refractivity contribution in [3.8, 4) is 5.69 Å². The van der Waals surface area contributed by atoms with Gasteiger partial charge in [-0.25, -0.2) is 0 Å². The zero-order valence-corrected chi connectivity index (χ0v) is 11.7. The quantitative estimate of drug-likeness (QED) is 0.527. The molecule has 0 radical (unpaired) electrons. The van der Waals surface area contributed by atoms with Crippen LogP contribution < -0.4 is 0 Å². The smallest absolute Gasteiger partial charge is 0.185 e. The van der Waals surface area contributed by atoms with Crippen molar-refractivity contribution in [2.45, 2.75) is 6.92 Å². The molecule has 0 aliphatic rings. The van der Waals surface area contributed by atoms with Gasteiger partial charge >= 0.3 is 0 Å². The molecule has 3 rings (SSSR count). The van der Waals surface area contributed by atoms with E-state index < -0.39 is 0 Å². The van der Waals surface area contributed by atoms with Crippen LogP contribution in [0.2, 0.25) is 0 Å². The van der Waals surface area contributed by atoms with Crippen LogP contribution in [0.3, 0.4) is 0 Å². The number of carbonyl (C=O) groups is 1. The molecule has 0 aliphatic heterocycles. The number of hydrogen-bond donors (Lipinski definition) is 0. The van der Waals surface area contributed by atoms with E-state index in [1.54, 1.807) is 6.08 Å². The van der Waals surface area contributed by atoms with Crippen LogP contribution in [0.1, 0.15) is 21.9 Å². The Kier molecular flexibility index (Phi) is 3.56. The van der Waals surface area contributed by atoms with Gasteiger partial charge in [0, 0.05) is 23.6 Å². The second kappa shape index (κ2) is 5.67. The molecule has 0 saturated carbocycles. The molecule has 0 N–H and O–H groups in total. The van der Waals surface area contributed by atoms with Crippen molar-refractivity contribution >= 4 is 11.9 Å². The highest BCUT2D eigenvalue weighted by molar-refractivity contribution is 6.06. The SMILES string of the molecule is Cc1ccc(/C=C/C(=O)c2ccc(-n3cccc3)cc2)o1. The second-order valence-corrected chi connectivity index (χ2v) is 4.78. The van der Waals surface area contributed by atoms with Crippen molar-refractivity contribution in [3.63, 3.8) is 0 Å². The van der Waals surface area contributed by atoms with Crippen LogP contribution in [0.25, 0.3) is 11.8 Å². The Morgan fingerprint density at radius 1 is 1.05 bits per heavy atom. The lowest BCUT2D eigenvalue weighted by Crippen LogP contribution is -1.95. The standard InChI is InChI=1S/C18H15NO2/c1-14-4-9-17(21-14)10-11-18(20)15-5-7-16(8-6-15)19-12-2-3-13-19/h2-13H,1H3/b11-10+. The summed E-state index contributed by atoms with van der Waals surface area (Å²) in [6, 6.07) is 15.2. The number of furan rings is 1. The summed E-state index contributed by atoms with van der Waals surface area (Å²) in [7, 11) is 0. The summed E-state index contributed by atoms with van der Waals surface area (Å²) < 4.78 is 7.39. The fourth-order valence-electron chi connectivity index (χ4n) is 2.10. The molecule has 21 heavy (non-hydrogen) atoms.